The first kappa shape index (κ1) is 13.9. The first-order valence-electron chi connectivity index (χ1n) is 5.34. The van der Waals surface area contributed by atoms with Gasteiger partial charge < -0.3 is 15.8 Å². The first-order chi connectivity index (χ1) is 8.17. The molecule has 4 nitrogen and oxygen atoms in total. The molecule has 0 fully saturated rings. The Hall–Kier alpha value is -1.20. The summed E-state index contributed by atoms with van der Waals surface area (Å²) in [4.78, 5) is 10.7. The smallest absolute Gasteiger partial charge is 0.227 e. The molecule has 17 heavy (non-hydrogen) atoms. The van der Waals surface area contributed by atoms with Crippen molar-refractivity contribution in [2.75, 3.05) is 25.7 Å². The van der Waals surface area contributed by atoms with Crippen molar-refractivity contribution in [3.63, 3.8) is 0 Å². The monoisotopic (exact) mass is 254 g/mol. The molecule has 1 rings (SSSR count). The Morgan fingerprint density at radius 1 is 1.47 bits per heavy atom. The van der Waals surface area contributed by atoms with E-state index < -0.39 is 0 Å². The van der Waals surface area contributed by atoms with Crippen molar-refractivity contribution < 1.29 is 9.53 Å². The third-order valence-electron chi connectivity index (χ3n) is 2.40. The minimum atomic E-state index is -0.278. The SMILES string of the molecule is CNC(CSCC(N)=O)c1ccc(OC)cc1. The summed E-state index contributed by atoms with van der Waals surface area (Å²) in [6.07, 6.45) is 0. The standard InChI is InChI=1S/C12H18N2O2S/c1-14-11(7-17-8-12(13)15)9-3-5-10(16-2)6-4-9/h3-6,11,14H,7-8H2,1-2H3,(H2,13,15). The molecule has 0 aliphatic carbocycles. The number of thioether (sulfide) groups is 1. The van der Waals surface area contributed by atoms with Crippen molar-refractivity contribution in [2.45, 2.75) is 6.04 Å². The van der Waals surface area contributed by atoms with E-state index in [0.717, 1.165) is 11.5 Å². The molecular weight excluding hydrogens is 236 g/mol. The van der Waals surface area contributed by atoms with Crippen LogP contribution in [0.15, 0.2) is 24.3 Å². The molecule has 0 aromatic heterocycles. The molecule has 0 radical (unpaired) electrons. The topological polar surface area (TPSA) is 64.3 Å². The number of benzene rings is 1. The highest BCUT2D eigenvalue weighted by molar-refractivity contribution is 7.99. The summed E-state index contributed by atoms with van der Waals surface area (Å²) in [6.45, 7) is 0. The van der Waals surface area contributed by atoms with Gasteiger partial charge in [0.05, 0.1) is 12.9 Å². The predicted octanol–water partition coefficient (Wildman–Crippen LogP) is 1.17. The molecule has 0 bridgehead atoms. The number of ether oxygens (including phenoxy) is 1. The van der Waals surface area contributed by atoms with Gasteiger partial charge in [-0.3, -0.25) is 4.79 Å². The van der Waals surface area contributed by atoms with E-state index >= 15 is 0 Å². The molecule has 94 valence electrons. The van der Waals surface area contributed by atoms with Crippen molar-refractivity contribution in [1.29, 1.82) is 0 Å². The third-order valence-corrected chi connectivity index (χ3v) is 3.45. The van der Waals surface area contributed by atoms with Gasteiger partial charge in [0, 0.05) is 11.8 Å². The number of nitrogens with two attached hydrogens (primary N) is 1. The molecule has 1 aromatic rings. The van der Waals surface area contributed by atoms with Crippen LogP contribution in [0.3, 0.4) is 0 Å². The van der Waals surface area contributed by atoms with Gasteiger partial charge in [-0.25, -0.2) is 0 Å². The van der Waals surface area contributed by atoms with Crippen molar-refractivity contribution in [3.05, 3.63) is 29.8 Å². The number of carbonyl (C=O) groups is 1. The highest BCUT2D eigenvalue weighted by Crippen LogP contribution is 2.20. The van der Waals surface area contributed by atoms with E-state index in [9.17, 15) is 4.79 Å². The van der Waals surface area contributed by atoms with Crippen molar-refractivity contribution in [3.8, 4) is 5.75 Å². The second-order valence-corrected chi connectivity index (χ2v) is 4.63. The molecule has 1 aromatic carbocycles. The van der Waals surface area contributed by atoms with Gasteiger partial charge in [-0.15, -0.1) is 0 Å². The Morgan fingerprint density at radius 2 is 2.12 bits per heavy atom. The summed E-state index contributed by atoms with van der Waals surface area (Å²) >= 11 is 1.53. The van der Waals surface area contributed by atoms with E-state index in [1.165, 1.54) is 17.3 Å². The molecule has 1 unspecified atom stereocenters. The van der Waals surface area contributed by atoms with Crippen LogP contribution in [0, 0.1) is 0 Å². The van der Waals surface area contributed by atoms with E-state index in [0.29, 0.717) is 5.75 Å². The molecule has 0 saturated carbocycles. The Morgan fingerprint density at radius 3 is 2.59 bits per heavy atom. The van der Waals surface area contributed by atoms with E-state index in [1.807, 2.05) is 31.3 Å². The number of nitrogens with one attached hydrogen (secondary N) is 1. The summed E-state index contributed by atoms with van der Waals surface area (Å²) in [7, 11) is 3.55. The highest BCUT2D eigenvalue weighted by Gasteiger charge is 2.09. The lowest BCUT2D eigenvalue weighted by atomic mass is 10.1. The molecule has 5 heteroatoms. The number of primary amides is 1. The zero-order valence-corrected chi connectivity index (χ0v) is 10.9. The second-order valence-electron chi connectivity index (χ2n) is 3.60. The van der Waals surface area contributed by atoms with Crippen molar-refractivity contribution in [1.82, 2.24) is 5.32 Å². The minimum Gasteiger partial charge on any atom is -0.497 e. The Labute approximate surface area is 106 Å². The van der Waals surface area contributed by atoms with E-state index in [-0.39, 0.29) is 11.9 Å². The zero-order chi connectivity index (χ0) is 12.7. The quantitative estimate of drug-likeness (QED) is 0.767. The zero-order valence-electron chi connectivity index (χ0n) is 10.1. The van der Waals surface area contributed by atoms with Crippen LogP contribution in [-0.4, -0.2) is 31.6 Å². The molecule has 1 amide bonds. The molecule has 3 N–H and O–H groups in total. The van der Waals surface area contributed by atoms with Crippen LogP contribution in [0.5, 0.6) is 5.75 Å². The first-order valence-corrected chi connectivity index (χ1v) is 6.50. The highest BCUT2D eigenvalue weighted by atomic mass is 32.2. The van der Waals surface area contributed by atoms with Gasteiger partial charge in [-0.1, -0.05) is 12.1 Å². The maximum atomic E-state index is 10.7. The lowest BCUT2D eigenvalue weighted by Crippen LogP contribution is -2.20. The number of hydrogen-bond acceptors (Lipinski definition) is 4. The fraction of sp³-hybridized carbons (Fsp3) is 0.417. The number of rotatable bonds is 7. The van der Waals surface area contributed by atoms with Gasteiger partial charge in [0.2, 0.25) is 5.91 Å². The number of hydrogen-bond donors (Lipinski definition) is 2. The molecule has 0 heterocycles. The van der Waals surface area contributed by atoms with Crippen LogP contribution >= 0.6 is 11.8 Å². The van der Waals surface area contributed by atoms with Crippen LogP contribution in [0.4, 0.5) is 0 Å². The largest absolute Gasteiger partial charge is 0.497 e. The summed E-state index contributed by atoms with van der Waals surface area (Å²) in [6, 6.07) is 8.11. The summed E-state index contributed by atoms with van der Waals surface area (Å²) in [5, 5.41) is 3.22. The van der Waals surface area contributed by atoms with Crippen molar-refractivity contribution in [2.24, 2.45) is 5.73 Å². The van der Waals surface area contributed by atoms with Crippen LogP contribution in [-0.2, 0) is 4.79 Å². The van der Waals surface area contributed by atoms with E-state index in [2.05, 4.69) is 5.32 Å². The molecular formula is C12H18N2O2S. The Kier molecular flexibility index (Phi) is 5.86. The van der Waals surface area contributed by atoms with Crippen LogP contribution in [0.2, 0.25) is 0 Å². The van der Waals surface area contributed by atoms with Gasteiger partial charge in [0.15, 0.2) is 0 Å². The maximum absolute atomic E-state index is 10.7. The molecule has 0 aliphatic rings. The number of methoxy groups -OCH3 is 1. The summed E-state index contributed by atoms with van der Waals surface area (Å²) in [5.74, 6) is 1.73. The minimum absolute atomic E-state index is 0.213. The Balaban J connectivity index is 2.56. The summed E-state index contributed by atoms with van der Waals surface area (Å²) < 4.78 is 5.11. The predicted molar refractivity (Wildman–Crippen MR) is 71.3 cm³/mol. The lowest BCUT2D eigenvalue weighted by Gasteiger charge is -2.16. The second kappa shape index (κ2) is 7.19. The van der Waals surface area contributed by atoms with E-state index in [1.54, 1.807) is 7.11 Å². The van der Waals surface area contributed by atoms with Gasteiger partial charge in [-0.05, 0) is 24.7 Å². The fourth-order valence-corrected chi connectivity index (χ4v) is 2.37. The lowest BCUT2D eigenvalue weighted by molar-refractivity contribution is -0.115. The number of amides is 1. The van der Waals surface area contributed by atoms with Crippen LogP contribution in [0.25, 0.3) is 0 Å². The number of carbonyl (C=O) groups excluding carboxylic acids is 1. The van der Waals surface area contributed by atoms with E-state index in [4.69, 9.17) is 10.5 Å². The van der Waals surface area contributed by atoms with Crippen LogP contribution in [0.1, 0.15) is 11.6 Å². The molecule has 0 saturated heterocycles. The summed E-state index contributed by atoms with van der Waals surface area (Å²) in [5.41, 5.74) is 6.27. The van der Waals surface area contributed by atoms with Crippen molar-refractivity contribution >= 4 is 17.7 Å². The average molecular weight is 254 g/mol. The normalized spacial score (nSPS) is 12.1. The van der Waals surface area contributed by atoms with Gasteiger partial charge in [0.25, 0.3) is 0 Å². The van der Waals surface area contributed by atoms with Gasteiger partial charge >= 0.3 is 0 Å². The molecule has 0 aliphatic heterocycles. The average Bonchev–Trinajstić information content (AvgIpc) is 2.34. The molecule has 1 atom stereocenters. The van der Waals surface area contributed by atoms with Crippen LogP contribution < -0.4 is 15.8 Å². The van der Waals surface area contributed by atoms with Gasteiger partial charge in [-0.2, -0.15) is 11.8 Å². The maximum Gasteiger partial charge on any atom is 0.227 e. The Bertz CT molecular complexity index is 354. The molecule has 0 spiro atoms. The van der Waals surface area contributed by atoms with Gasteiger partial charge in [0.1, 0.15) is 5.75 Å². The third kappa shape index (κ3) is 4.66. The fourth-order valence-electron chi connectivity index (χ4n) is 1.46.